The third-order valence-corrected chi connectivity index (χ3v) is 2.81. The summed E-state index contributed by atoms with van der Waals surface area (Å²) in [7, 11) is 0. The largest absolute Gasteiger partial charge is 0.289 e. The lowest BCUT2D eigenvalue weighted by atomic mass is 10.2. The van der Waals surface area contributed by atoms with E-state index < -0.39 is 10.8 Å². The van der Waals surface area contributed by atoms with E-state index in [1.54, 1.807) is 12.1 Å². The number of nitro groups is 1. The number of rotatable bonds is 4. The molecular weight excluding hydrogens is 296 g/mol. The first-order chi connectivity index (χ1) is 10.1. The van der Waals surface area contributed by atoms with Gasteiger partial charge < -0.3 is 0 Å². The molecule has 1 aromatic carbocycles. The number of benzene rings is 1. The number of nitrogens with zero attached hydrogens (tertiary/aromatic N) is 3. The van der Waals surface area contributed by atoms with Crippen LogP contribution < -0.4 is 5.43 Å². The monoisotopic (exact) mass is 304 g/mol. The minimum Gasteiger partial charge on any atom is -0.266 e. The Morgan fingerprint density at radius 1 is 1.33 bits per heavy atom. The highest BCUT2D eigenvalue weighted by molar-refractivity contribution is 6.33. The summed E-state index contributed by atoms with van der Waals surface area (Å²) in [6.45, 7) is 0. The van der Waals surface area contributed by atoms with Crippen molar-refractivity contribution in [1.82, 2.24) is 10.4 Å². The van der Waals surface area contributed by atoms with Crippen LogP contribution in [0.25, 0.3) is 0 Å². The summed E-state index contributed by atoms with van der Waals surface area (Å²) in [6.07, 6.45) is 2.60. The molecule has 2 aromatic rings. The normalized spacial score (nSPS) is 10.5. The highest BCUT2D eigenvalue weighted by atomic mass is 35.5. The molecule has 1 amide bonds. The number of carbonyl (C=O) groups excluding carboxylic acids is 1. The van der Waals surface area contributed by atoms with Crippen molar-refractivity contribution in [1.29, 1.82) is 0 Å². The zero-order valence-corrected chi connectivity index (χ0v) is 11.3. The van der Waals surface area contributed by atoms with Crippen LogP contribution in [-0.2, 0) is 0 Å². The van der Waals surface area contributed by atoms with Crippen LogP contribution in [0.1, 0.15) is 16.1 Å². The Balaban J connectivity index is 2.16. The van der Waals surface area contributed by atoms with Crippen LogP contribution in [0.2, 0.25) is 5.02 Å². The van der Waals surface area contributed by atoms with Crippen molar-refractivity contribution in [2.75, 3.05) is 0 Å². The molecule has 106 valence electrons. The van der Waals surface area contributed by atoms with E-state index in [0.717, 1.165) is 6.21 Å². The van der Waals surface area contributed by atoms with Gasteiger partial charge in [0.2, 0.25) is 0 Å². The molecule has 0 aliphatic carbocycles. The van der Waals surface area contributed by atoms with Crippen molar-refractivity contribution < 1.29 is 9.72 Å². The van der Waals surface area contributed by atoms with Crippen LogP contribution >= 0.6 is 11.6 Å². The fourth-order valence-electron chi connectivity index (χ4n) is 1.52. The number of nitrogens with one attached hydrogen (secondary N) is 1. The molecule has 0 saturated heterocycles. The van der Waals surface area contributed by atoms with Crippen LogP contribution in [0, 0.1) is 10.1 Å². The second-order valence-electron chi connectivity index (χ2n) is 3.84. The van der Waals surface area contributed by atoms with E-state index in [9.17, 15) is 14.9 Å². The van der Waals surface area contributed by atoms with E-state index in [1.165, 1.54) is 30.5 Å². The van der Waals surface area contributed by atoms with Crippen molar-refractivity contribution in [3.63, 3.8) is 0 Å². The summed E-state index contributed by atoms with van der Waals surface area (Å²) in [4.78, 5) is 25.8. The summed E-state index contributed by atoms with van der Waals surface area (Å²) in [6, 6.07) is 9.11. The van der Waals surface area contributed by atoms with E-state index in [2.05, 4.69) is 15.5 Å². The number of amides is 1. The first-order valence-electron chi connectivity index (χ1n) is 5.77. The van der Waals surface area contributed by atoms with E-state index in [4.69, 9.17) is 11.6 Å². The number of hydrogen-bond donors (Lipinski definition) is 1. The fraction of sp³-hybridized carbons (Fsp3) is 0. The Morgan fingerprint density at radius 3 is 2.81 bits per heavy atom. The highest BCUT2D eigenvalue weighted by Gasteiger charge is 2.14. The average molecular weight is 305 g/mol. The van der Waals surface area contributed by atoms with Crippen LogP contribution in [-0.4, -0.2) is 22.0 Å². The Bertz CT molecular complexity index is 704. The Morgan fingerprint density at radius 2 is 2.14 bits per heavy atom. The number of halogens is 1. The third-order valence-electron chi connectivity index (χ3n) is 2.48. The average Bonchev–Trinajstić information content (AvgIpc) is 2.49. The zero-order chi connectivity index (χ0) is 15.2. The van der Waals surface area contributed by atoms with Crippen molar-refractivity contribution >= 4 is 29.4 Å². The van der Waals surface area contributed by atoms with Gasteiger partial charge in [0.15, 0.2) is 0 Å². The van der Waals surface area contributed by atoms with Gasteiger partial charge in [0.05, 0.1) is 21.7 Å². The topological polar surface area (TPSA) is 97.5 Å². The summed E-state index contributed by atoms with van der Waals surface area (Å²) < 4.78 is 0. The molecule has 21 heavy (non-hydrogen) atoms. The van der Waals surface area contributed by atoms with Gasteiger partial charge in [-0.2, -0.15) is 5.10 Å². The predicted molar refractivity (Wildman–Crippen MR) is 77.4 cm³/mol. The van der Waals surface area contributed by atoms with E-state index in [1.807, 2.05) is 0 Å². The van der Waals surface area contributed by atoms with Crippen LogP contribution in [0.3, 0.4) is 0 Å². The summed E-state index contributed by atoms with van der Waals surface area (Å²) >= 11 is 5.89. The van der Waals surface area contributed by atoms with Gasteiger partial charge in [-0.25, -0.2) is 5.43 Å². The van der Waals surface area contributed by atoms with Gasteiger partial charge >= 0.3 is 0 Å². The maximum Gasteiger partial charge on any atom is 0.289 e. The SMILES string of the molecule is O=C(NN=Cc1c(Cl)cccc1[N+](=O)[O-])c1ccccn1. The Labute approximate surface area is 124 Å². The van der Waals surface area contributed by atoms with Crippen molar-refractivity contribution in [2.45, 2.75) is 0 Å². The molecule has 0 aliphatic rings. The van der Waals surface area contributed by atoms with E-state index >= 15 is 0 Å². The molecule has 0 saturated carbocycles. The van der Waals surface area contributed by atoms with Gasteiger partial charge in [-0.15, -0.1) is 0 Å². The maximum atomic E-state index is 11.7. The second-order valence-corrected chi connectivity index (χ2v) is 4.25. The maximum absolute atomic E-state index is 11.7. The smallest absolute Gasteiger partial charge is 0.266 e. The van der Waals surface area contributed by atoms with E-state index in [0.29, 0.717) is 0 Å². The molecule has 0 radical (unpaired) electrons. The first-order valence-corrected chi connectivity index (χ1v) is 6.14. The minimum atomic E-state index is -0.576. The van der Waals surface area contributed by atoms with Crippen LogP contribution in [0.5, 0.6) is 0 Å². The zero-order valence-electron chi connectivity index (χ0n) is 10.6. The highest BCUT2D eigenvalue weighted by Crippen LogP contribution is 2.24. The molecule has 0 fully saturated rings. The van der Waals surface area contributed by atoms with Crippen molar-refractivity contribution in [3.05, 3.63) is 69.0 Å². The van der Waals surface area contributed by atoms with Gasteiger partial charge in [-0.3, -0.25) is 19.9 Å². The van der Waals surface area contributed by atoms with E-state index in [-0.39, 0.29) is 22.0 Å². The van der Waals surface area contributed by atoms with Crippen molar-refractivity contribution in [3.8, 4) is 0 Å². The van der Waals surface area contributed by atoms with Gasteiger partial charge in [0.1, 0.15) is 5.69 Å². The quantitative estimate of drug-likeness (QED) is 0.533. The standard InChI is InChI=1S/C13H9ClN4O3/c14-10-4-3-6-12(18(20)21)9(10)8-16-17-13(19)11-5-1-2-7-15-11/h1-8H,(H,17,19). The van der Waals surface area contributed by atoms with Crippen molar-refractivity contribution in [2.24, 2.45) is 5.10 Å². The molecule has 1 heterocycles. The van der Waals surface area contributed by atoms with Crippen LogP contribution in [0.15, 0.2) is 47.7 Å². The van der Waals surface area contributed by atoms with Gasteiger partial charge in [-0.1, -0.05) is 23.7 Å². The molecule has 1 N–H and O–H groups in total. The molecule has 0 bridgehead atoms. The molecule has 0 aliphatic heterocycles. The number of hydrogen-bond acceptors (Lipinski definition) is 5. The Hall–Kier alpha value is -2.80. The molecule has 8 heteroatoms. The number of hydrazone groups is 1. The summed E-state index contributed by atoms with van der Waals surface area (Å²) in [5.41, 5.74) is 2.33. The number of nitro benzene ring substituents is 1. The summed E-state index contributed by atoms with van der Waals surface area (Å²) in [5, 5.41) is 14.7. The lowest BCUT2D eigenvalue weighted by molar-refractivity contribution is -0.385. The molecule has 2 rings (SSSR count). The first kappa shape index (κ1) is 14.6. The number of pyridine rings is 1. The molecular formula is C13H9ClN4O3. The lowest BCUT2D eigenvalue weighted by Gasteiger charge is -2.00. The van der Waals surface area contributed by atoms with Gasteiger partial charge in [0.25, 0.3) is 11.6 Å². The van der Waals surface area contributed by atoms with Gasteiger partial charge in [0, 0.05) is 12.3 Å². The predicted octanol–water partition coefficient (Wildman–Crippen LogP) is 2.41. The van der Waals surface area contributed by atoms with Crippen LogP contribution in [0.4, 0.5) is 5.69 Å². The Kier molecular flexibility index (Phi) is 4.57. The molecule has 0 atom stereocenters. The van der Waals surface area contributed by atoms with Gasteiger partial charge in [-0.05, 0) is 18.2 Å². The summed E-state index contributed by atoms with van der Waals surface area (Å²) in [5.74, 6) is -0.526. The molecule has 7 nitrogen and oxygen atoms in total. The molecule has 1 aromatic heterocycles. The third kappa shape index (κ3) is 3.61. The minimum absolute atomic E-state index is 0.116. The number of aromatic nitrogens is 1. The molecule has 0 unspecified atom stereocenters. The fourth-order valence-corrected chi connectivity index (χ4v) is 1.74. The second kappa shape index (κ2) is 6.58. The molecule has 0 spiro atoms. The lowest BCUT2D eigenvalue weighted by Crippen LogP contribution is -2.18. The number of carbonyl (C=O) groups is 1.